The number of aromatic nitrogens is 1. The second-order valence-electron chi connectivity index (χ2n) is 4.83. The van der Waals surface area contributed by atoms with E-state index in [9.17, 15) is 4.79 Å². The molecule has 1 aromatic heterocycles. The summed E-state index contributed by atoms with van der Waals surface area (Å²) in [5.74, 6) is 0.0566. The molecule has 0 spiro atoms. The Bertz CT molecular complexity index is 567. The Morgan fingerprint density at radius 3 is 2.88 bits per heavy atom. The van der Waals surface area contributed by atoms with Crippen molar-refractivity contribution >= 4 is 16.9 Å². The molecule has 0 aliphatic heterocycles. The van der Waals surface area contributed by atoms with E-state index in [4.69, 9.17) is 5.11 Å². The fraction of sp³-hybridized carbons (Fsp3) is 0.357. The molecule has 1 aromatic carbocycles. The first-order valence-corrected chi connectivity index (χ1v) is 6.02. The Balaban J connectivity index is 2.01. The second-order valence-corrected chi connectivity index (χ2v) is 4.83. The molecule has 88 valence electrons. The summed E-state index contributed by atoms with van der Waals surface area (Å²) < 4.78 is 2.25. The van der Waals surface area contributed by atoms with Crippen molar-refractivity contribution in [2.24, 2.45) is 5.92 Å². The summed E-state index contributed by atoms with van der Waals surface area (Å²) in [5, 5.41) is 9.96. The van der Waals surface area contributed by atoms with E-state index in [1.165, 1.54) is 12.8 Å². The third kappa shape index (κ3) is 2.05. The van der Waals surface area contributed by atoms with Crippen LogP contribution in [-0.4, -0.2) is 15.6 Å². The average Bonchev–Trinajstić information content (AvgIpc) is 2.99. The second kappa shape index (κ2) is 3.91. The van der Waals surface area contributed by atoms with Crippen LogP contribution in [0.5, 0.6) is 0 Å². The molecule has 0 amide bonds. The zero-order valence-corrected chi connectivity index (χ0v) is 9.60. The van der Waals surface area contributed by atoms with Gasteiger partial charge in [0.15, 0.2) is 0 Å². The maximum Gasteiger partial charge on any atom is 0.307 e. The number of fused-ring (bicyclic) bond motifs is 1. The number of hydrogen-bond acceptors (Lipinski definition) is 1. The van der Waals surface area contributed by atoms with Gasteiger partial charge in [0.2, 0.25) is 0 Å². The number of carbonyl (C=O) groups is 1. The number of aliphatic carboxylic acids is 1. The number of rotatable bonds is 4. The molecule has 1 saturated carbocycles. The molecule has 1 aliphatic rings. The van der Waals surface area contributed by atoms with Gasteiger partial charge in [0.05, 0.1) is 6.42 Å². The van der Waals surface area contributed by atoms with Crippen molar-refractivity contribution in [2.45, 2.75) is 25.8 Å². The zero-order valence-electron chi connectivity index (χ0n) is 9.60. The zero-order chi connectivity index (χ0) is 11.8. The van der Waals surface area contributed by atoms with Crippen LogP contribution in [0, 0.1) is 5.92 Å². The number of carboxylic acids is 1. The lowest BCUT2D eigenvalue weighted by Crippen LogP contribution is -2.01. The number of nitrogens with zero attached hydrogens (tertiary/aromatic N) is 1. The Kier molecular flexibility index (Phi) is 2.39. The Morgan fingerprint density at radius 2 is 2.18 bits per heavy atom. The Hall–Kier alpha value is -1.77. The molecule has 17 heavy (non-hydrogen) atoms. The van der Waals surface area contributed by atoms with Crippen LogP contribution in [-0.2, 0) is 17.8 Å². The number of carboxylic acid groups (broad SMARTS) is 1. The minimum atomic E-state index is -0.771. The van der Waals surface area contributed by atoms with Gasteiger partial charge in [0.1, 0.15) is 0 Å². The molecule has 1 heterocycles. The highest BCUT2D eigenvalue weighted by Gasteiger charge is 2.22. The molecular formula is C14H15NO2. The van der Waals surface area contributed by atoms with Crippen molar-refractivity contribution in [3.63, 3.8) is 0 Å². The van der Waals surface area contributed by atoms with Gasteiger partial charge in [0.25, 0.3) is 0 Å². The van der Waals surface area contributed by atoms with E-state index >= 15 is 0 Å². The largest absolute Gasteiger partial charge is 0.481 e. The predicted octanol–water partition coefficient (Wildman–Crippen LogP) is 2.68. The summed E-state index contributed by atoms with van der Waals surface area (Å²) in [5.41, 5.74) is 2.07. The maximum absolute atomic E-state index is 10.8. The van der Waals surface area contributed by atoms with Gasteiger partial charge in [-0.2, -0.15) is 0 Å². The normalized spacial score (nSPS) is 15.3. The molecule has 3 nitrogen and oxygen atoms in total. The number of benzene rings is 1. The Labute approximate surface area is 99.7 Å². The summed E-state index contributed by atoms with van der Waals surface area (Å²) in [4.78, 5) is 10.8. The first-order chi connectivity index (χ1) is 8.24. The van der Waals surface area contributed by atoms with E-state index in [1.54, 1.807) is 0 Å². The van der Waals surface area contributed by atoms with Crippen molar-refractivity contribution in [1.82, 2.24) is 4.57 Å². The standard InChI is InChI=1S/C14H15NO2/c16-14(17)8-11-2-1-3-13-12(11)6-7-15(13)9-10-4-5-10/h1-3,6-7,10H,4-5,8-9H2,(H,16,17). The summed E-state index contributed by atoms with van der Waals surface area (Å²) >= 11 is 0. The van der Waals surface area contributed by atoms with Crippen LogP contribution < -0.4 is 0 Å². The van der Waals surface area contributed by atoms with E-state index in [-0.39, 0.29) is 6.42 Å². The first kappa shape index (κ1) is 10.4. The summed E-state index contributed by atoms with van der Waals surface area (Å²) in [6, 6.07) is 7.96. The van der Waals surface area contributed by atoms with Gasteiger partial charge in [-0.1, -0.05) is 12.1 Å². The van der Waals surface area contributed by atoms with Crippen LogP contribution in [0.3, 0.4) is 0 Å². The SMILES string of the molecule is O=C(O)Cc1cccc2c1ccn2CC1CC1. The van der Waals surface area contributed by atoms with Crippen molar-refractivity contribution in [3.05, 3.63) is 36.0 Å². The van der Waals surface area contributed by atoms with Gasteiger partial charge in [-0.15, -0.1) is 0 Å². The molecule has 3 rings (SSSR count). The van der Waals surface area contributed by atoms with Crippen molar-refractivity contribution < 1.29 is 9.90 Å². The van der Waals surface area contributed by atoms with Crippen LogP contribution in [0.25, 0.3) is 10.9 Å². The van der Waals surface area contributed by atoms with Gasteiger partial charge >= 0.3 is 5.97 Å². The molecule has 0 radical (unpaired) electrons. The molecule has 0 atom stereocenters. The monoisotopic (exact) mass is 229 g/mol. The predicted molar refractivity (Wildman–Crippen MR) is 66.0 cm³/mol. The topological polar surface area (TPSA) is 42.2 Å². The lowest BCUT2D eigenvalue weighted by atomic mass is 10.1. The van der Waals surface area contributed by atoms with Crippen LogP contribution in [0.1, 0.15) is 18.4 Å². The molecule has 1 N–H and O–H groups in total. The van der Waals surface area contributed by atoms with Crippen LogP contribution in [0.15, 0.2) is 30.5 Å². The highest BCUT2D eigenvalue weighted by atomic mass is 16.4. The van der Waals surface area contributed by atoms with Gasteiger partial charge in [-0.05, 0) is 36.5 Å². The average molecular weight is 229 g/mol. The van der Waals surface area contributed by atoms with E-state index in [0.29, 0.717) is 0 Å². The quantitative estimate of drug-likeness (QED) is 0.875. The Morgan fingerprint density at radius 1 is 1.35 bits per heavy atom. The van der Waals surface area contributed by atoms with Crippen molar-refractivity contribution in [3.8, 4) is 0 Å². The lowest BCUT2D eigenvalue weighted by Gasteiger charge is -2.05. The summed E-state index contributed by atoms with van der Waals surface area (Å²) in [6.07, 6.45) is 4.84. The fourth-order valence-electron chi connectivity index (χ4n) is 2.34. The molecule has 1 aliphatic carbocycles. The highest BCUT2D eigenvalue weighted by molar-refractivity contribution is 5.87. The van der Waals surface area contributed by atoms with Gasteiger partial charge < -0.3 is 9.67 Å². The fourth-order valence-corrected chi connectivity index (χ4v) is 2.34. The molecule has 0 saturated heterocycles. The molecule has 3 heteroatoms. The van der Waals surface area contributed by atoms with Crippen molar-refractivity contribution in [1.29, 1.82) is 0 Å². The van der Waals surface area contributed by atoms with E-state index in [0.717, 1.165) is 28.9 Å². The van der Waals surface area contributed by atoms with Crippen LogP contribution in [0.2, 0.25) is 0 Å². The minimum Gasteiger partial charge on any atom is -0.481 e. The van der Waals surface area contributed by atoms with E-state index in [1.807, 2.05) is 18.2 Å². The molecule has 2 aromatic rings. The highest BCUT2D eigenvalue weighted by Crippen LogP contribution is 2.32. The van der Waals surface area contributed by atoms with Gasteiger partial charge in [-0.25, -0.2) is 0 Å². The molecule has 1 fully saturated rings. The summed E-state index contributed by atoms with van der Waals surface area (Å²) in [7, 11) is 0. The smallest absolute Gasteiger partial charge is 0.307 e. The molecular weight excluding hydrogens is 214 g/mol. The third-order valence-corrected chi connectivity index (χ3v) is 3.40. The van der Waals surface area contributed by atoms with Crippen molar-refractivity contribution in [2.75, 3.05) is 0 Å². The van der Waals surface area contributed by atoms with E-state index < -0.39 is 5.97 Å². The van der Waals surface area contributed by atoms with Gasteiger partial charge in [-0.3, -0.25) is 4.79 Å². The first-order valence-electron chi connectivity index (χ1n) is 6.02. The lowest BCUT2D eigenvalue weighted by molar-refractivity contribution is -0.136. The van der Waals surface area contributed by atoms with Crippen LogP contribution >= 0.6 is 0 Å². The maximum atomic E-state index is 10.8. The minimum absolute atomic E-state index is 0.102. The van der Waals surface area contributed by atoms with Crippen LogP contribution in [0.4, 0.5) is 0 Å². The number of hydrogen-bond donors (Lipinski definition) is 1. The third-order valence-electron chi connectivity index (χ3n) is 3.40. The molecule has 0 bridgehead atoms. The van der Waals surface area contributed by atoms with E-state index in [2.05, 4.69) is 16.8 Å². The van der Waals surface area contributed by atoms with Gasteiger partial charge in [0, 0.05) is 23.6 Å². The molecule has 0 unspecified atom stereocenters. The summed E-state index contributed by atoms with van der Waals surface area (Å²) in [6.45, 7) is 1.07.